The summed E-state index contributed by atoms with van der Waals surface area (Å²) in [5.41, 5.74) is 5.27. The lowest BCUT2D eigenvalue weighted by atomic mass is 10.1. The van der Waals surface area contributed by atoms with Gasteiger partial charge >= 0.3 is 0 Å². The van der Waals surface area contributed by atoms with E-state index in [-0.39, 0.29) is 33.4 Å². The van der Waals surface area contributed by atoms with Crippen molar-refractivity contribution in [1.82, 2.24) is 14.6 Å². The highest BCUT2D eigenvalue weighted by atomic mass is 32.2. The van der Waals surface area contributed by atoms with Crippen LogP contribution in [-0.4, -0.2) is 60.7 Å². The highest BCUT2D eigenvalue weighted by molar-refractivity contribution is 7.90. The predicted molar refractivity (Wildman–Crippen MR) is 191 cm³/mol. The van der Waals surface area contributed by atoms with Gasteiger partial charge in [0.15, 0.2) is 15.5 Å². The Morgan fingerprint density at radius 1 is 0.863 bits per heavy atom. The molecule has 0 spiro atoms. The lowest BCUT2D eigenvalue weighted by Gasteiger charge is -2.10. The number of halogens is 1. The van der Waals surface area contributed by atoms with Gasteiger partial charge in [-0.3, -0.25) is 9.35 Å². The molecule has 51 heavy (non-hydrogen) atoms. The maximum absolute atomic E-state index is 13.1. The van der Waals surface area contributed by atoms with Crippen LogP contribution in [0.5, 0.6) is 5.75 Å². The standard InChI is InChI=1S/C28H24FN5O4S.C7H8O3S.H2O/c1-38-25-16-23(39(2,36)37)12-13-24(25)31-28-32-26-14-7-20(17-34(26)33-28)19-5-10-22(11-6-19)30-27(35)15-18-3-8-21(29)9-4-18;1-6-2-4-7(5-3-6)11(8,9)10;/h3-14,16-17H,15H2,1-2H3,(H,30,35)(H,31,33);2-5H,1H3,(H,8,9,10);1H2. The number of anilines is 3. The largest absolute Gasteiger partial charge is 0.495 e. The fraction of sp³-hybridized carbons (Fsp3) is 0.114. The number of aryl methyl sites for hydroxylation is 1. The molecule has 0 fully saturated rings. The molecule has 0 saturated carbocycles. The monoisotopic (exact) mass is 735 g/mol. The summed E-state index contributed by atoms with van der Waals surface area (Å²) >= 11 is 0. The molecule has 0 aliphatic rings. The van der Waals surface area contributed by atoms with Gasteiger partial charge in [0.05, 0.1) is 29.0 Å². The molecule has 5 N–H and O–H groups in total. The molecule has 0 atom stereocenters. The van der Waals surface area contributed by atoms with E-state index in [0.29, 0.717) is 28.7 Å². The van der Waals surface area contributed by atoms with E-state index < -0.39 is 20.0 Å². The number of hydrogen-bond donors (Lipinski definition) is 3. The van der Waals surface area contributed by atoms with Gasteiger partial charge in [-0.2, -0.15) is 13.4 Å². The van der Waals surface area contributed by atoms with Crippen LogP contribution in [0.4, 0.5) is 21.7 Å². The van der Waals surface area contributed by atoms with Crippen LogP contribution in [0, 0.1) is 12.7 Å². The molecule has 6 rings (SSSR count). The number of pyridine rings is 1. The molecule has 2 heterocycles. The smallest absolute Gasteiger partial charge is 0.294 e. The third-order valence-electron chi connectivity index (χ3n) is 7.28. The lowest BCUT2D eigenvalue weighted by molar-refractivity contribution is -0.115. The number of hydrogen-bond acceptors (Lipinski definition) is 9. The first-order valence-electron chi connectivity index (χ1n) is 14.9. The van der Waals surface area contributed by atoms with E-state index in [0.717, 1.165) is 28.5 Å². The van der Waals surface area contributed by atoms with Crippen LogP contribution in [0.2, 0.25) is 0 Å². The van der Waals surface area contributed by atoms with Gasteiger partial charge in [0, 0.05) is 29.8 Å². The minimum Gasteiger partial charge on any atom is -0.495 e. The molecule has 16 heteroatoms. The molecule has 0 saturated heterocycles. The Labute approximate surface area is 293 Å². The Morgan fingerprint density at radius 3 is 2.10 bits per heavy atom. The fourth-order valence-corrected chi connectivity index (χ4v) is 5.80. The zero-order valence-corrected chi connectivity index (χ0v) is 29.2. The molecule has 0 bridgehead atoms. The number of sulfone groups is 1. The van der Waals surface area contributed by atoms with E-state index >= 15 is 0 Å². The lowest BCUT2D eigenvalue weighted by Crippen LogP contribution is -2.14. The van der Waals surface area contributed by atoms with Crippen molar-refractivity contribution in [1.29, 1.82) is 0 Å². The van der Waals surface area contributed by atoms with Gasteiger partial charge in [0.1, 0.15) is 11.6 Å². The molecule has 0 aliphatic carbocycles. The maximum atomic E-state index is 13.1. The van der Waals surface area contributed by atoms with Gasteiger partial charge in [-0.15, -0.1) is 5.10 Å². The van der Waals surface area contributed by atoms with Crippen molar-refractivity contribution >= 4 is 48.8 Å². The second-order valence-electron chi connectivity index (χ2n) is 11.1. The van der Waals surface area contributed by atoms with Gasteiger partial charge in [0.25, 0.3) is 10.1 Å². The van der Waals surface area contributed by atoms with Gasteiger partial charge in [-0.1, -0.05) is 42.0 Å². The molecule has 0 radical (unpaired) electrons. The summed E-state index contributed by atoms with van der Waals surface area (Å²) in [5, 5.41) is 10.4. The second kappa shape index (κ2) is 15.9. The molecule has 1 amide bonds. The number of fused-ring (bicyclic) bond motifs is 1. The van der Waals surface area contributed by atoms with E-state index in [1.807, 2.05) is 49.5 Å². The van der Waals surface area contributed by atoms with Crippen molar-refractivity contribution in [2.45, 2.75) is 23.1 Å². The van der Waals surface area contributed by atoms with Gasteiger partial charge in [-0.05, 0) is 78.7 Å². The molecular formula is C35H34FN5O8S2. The summed E-state index contributed by atoms with van der Waals surface area (Å²) in [6.07, 6.45) is 3.12. The predicted octanol–water partition coefficient (Wildman–Crippen LogP) is 5.29. The summed E-state index contributed by atoms with van der Waals surface area (Å²) in [7, 11) is -5.94. The average molecular weight is 736 g/mol. The van der Waals surface area contributed by atoms with Crippen molar-refractivity contribution in [2.75, 3.05) is 24.0 Å². The maximum Gasteiger partial charge on any atom is 0.294 e. The molecule has 0 unspecified atom stereocenters. The average Bonchev–Trinajstić information content (AvgIpc) is 3.47. The van der Waals surface area contributed by atoms with Gasteiger partial charge in [-0.25, -0.2) is 17.3 Å². The minimum atomic E-state index is -4.02. The van der Waals surface area contributed by atoms with Crippen molar-refractivity contribution in [3.8, 4) is 16.9 Å². The van der Waals surface area contributed by atoms with Crippen LogP contribution >= 0.6 is 0 Å². The Hall–Kier alpha value is -5.68. The van der Waals surface area contributed by atoms with E-state index in [1.165, 1.54) is 43.5 Å². The Balaban J connectivity index is 0.000000417. The first-order chi connectivity index (χ1) is 23.7. The highest BCUT2D eigenvalue weighted by Crippen LogP contribution is 2.30. The summed E-state index contributed by atoms with van der Waals surface area (Å²) < 4.78 is 73.3. The van der Waals surface area contributed by atoms with Crippen LogP contribution in [0.15, 0.2) is 119 Å². The van der Waals surface area contributed by atoms with Gasteiger partial charge < -0.3 is 20.8 Å². The molecule has 4 aromatic carbocycles. The number of nitrogens with zero attached hydrogens (tertiary/aromatic N) is 3. The number of carbonyl (C=O) groups excluding carboxylic acids is 1. The third kappa shape index (κ3) is 10.2. The molecule has 2 aromatic heterocycles. The van der Waals surface area contributed by atoms with Crippen molar-refractivity contribution in [3.05, 3.63) is 126 Å². The molecule has 6 aromatic rings. The second-order valence-corrected chi connectivity index (χ2v) is 14.6. The van der Waals surface area contributed by atoms with E-state index in [9.17, 15) is 26.0 Å². The number of rotatable bonds is 9. The van der Waals surface area contributed by atoms with Crippen LogP contribution in [-0.2, 0) is 31.2 Å². The van der Waals surface area contributed by atoms with E-state index in [1.54, 1.807) is 34.8 Å². The van der Waals surface area contributed by atoms with Crippen molar-refractivity contribution in [2.24, 2.45) is 0 Å². The number of benzene rings is 4. The molecular weight excluding hydrogens is 702 g/mol. The van der Waals surface area contributed by atoms with E-state index in [2.05, 4.69) is 20.7 Å². The Bertz CT molecular complexity index is 2370. The van der Waals surface area contributed by atoms with Crippen LogP contribution in [0.1, 0.15) is 11.1 Å². The Morgan fingerprint density at radius 2 is 1.49 bits per heavy atom. The van der Waals surface area contributed by atoms with E-state index in [4.69, 9.17) is 9.29 Å². The van der Waals surface area contributed by atoms with Crippen molar-refractivity contribution < 1.29 is 40.8 Å². The van der Waals surface area contributed by atoms with Crippen molar-refractivity contribution in [3.63, 3.8) is 0 Å². The third-order valence-corrected chi connectivity index (χ3v) is 9.26. The number of methoxy groups -OCH3 is 1. The zero-order valence-electron chi connectivity index (χ0n) is 27.5. The number of aromatic nitrogens is 3. The first-order valence-corrected chi connectivity index (χ1v) is 18.2. The van der Waals surface area contributed by atoms with Crippen LogP contribution in [0.25, 0.3) is 16.8 Å². The number of nitrogens with one attached hydrogen (secondary N) is 2. The summed E-state index contributed by atoms with van der Waals surface area (Å²) in [6.45, 7) is 1.84. The summed E-state index contributed by atoms with van der Waals surface area (Å²) in [5.74, 6) is 0.132. The molecule has 266 valence electrons. The summed E-state index contributed by atoms with van der Waals surface area (Å²) in [4.78, 5) is 16.9. The minimum absolute atomic E-state index is 0. The fourth-order valence-electron chi connectivity index (χ4n) is 4.68. The topological polar surface area (TPSA) is 201 Å². The first kappa shape index (κ1) is 38.1. The number of ether oxygens (including phenoxy) is 1. The van der Waals surface area contributed by atoms with Crippen LogP contribution < -0.4 is 15.4 Å². The highest BCUT2D eigenvalue weighted by Gasteiger charge is 2.14. The quantitative estimate of drug-likeness (QED) is 0.164. The number of amides is 1. The normalized spacial score (nSPS) is 11.2. The Kier molecular flexibility index (Phi) is 11.9. The van der Waals surface area contributed by atoms with Gasteiger partial charge in [0.2, 0.25) is 11.9 Å². The van der Waals surface area contributed by atoms with Crippen LogP contribution in [0.3, 0.4) is 0 Å². The zero-order chi connectivity index (χ0) is 36.1. The molecule has 13 nitrogen and oxygen atoms in total. The number of carbonyl (C=O) groups is 1. The summed E-state index contributed by atoms with van der Waals surface area (Å²) in [6, 6.07) is 27.5. The molecule has 0 aliphatic heterocycles. The SMILES string of the molecule is COc1cc(S(C)(=O)=O)ccc1Nc1nc2ccc(-c3ccc(NC(=O)Cc4ccc(F)cc4)cc3)cn2n1.Cc1ccc(S(=O)(=O)O)cc1.O.